The van der Waals surface area contributed by atoms with Crippen LogP contribution in [0.1, 0.15) is 73.0 Å². The number of carbonyl (C=O) groups excluding carboxylic acids is 1. The number of aromatic nitrogens is 2. The molecule has 2 heterocycles. The predicted octanol–water partition coefficient (Wildman–Crippen LogP) is 4.89. The Kier molecular flexibility index (Phi) is 7.62. The zero-order chi connectivity index (χ0) is 20.6. The number of anilines is 1. The third-order valence-corrected chi connectivity index (χ3v) is 5.95. The molecule has 0 saturated carbocycles. The zero-order valence-corrected chi connectivity index (χ0v) is 17.7. The molecule has 1 aliphatic rings. The maximum absolute atomic E-state index is 11.1. The van der Waals surface area contributed by atoms with Crippen molar-refractivity contribution in [3.05, 3.63) is 47.0 Å². The van der Waals surface area contributed by atoms with Crippen LogP contribution in [0.3, 0.4) is 0 Å². The largest absolute Gasteiger partial charge is 0.504 e. The summed E-state index contributed by atoms with van der Waals surface area (Å²) in [4.78, 5) is 22.1. The molecule has 1 fully saturated rings. The molecule has 3 rings (SSSR count). The van der Waals surface area contributed by atoms with Crippen LogP contribution in [0.2, 0.25) is 0 Å². The first-order chi connectivity index (χ1) is 14.1. The number of nitrogens with zero attached hydrogens (tertiary/aromatic N) is 3. The minimum atomic E-state index is -0.104. The number of rotatable bonds is 9. The zero-order valence-electron chi connectivity index (χ0n) is 17.7. The van der Waals surface area contributed by atoms with Crippen molar-refractivity contribution in [1.29, 1.82) is 0 Å². The SMILES string of the molecule is CCCCCCc1ccc(N2CCC(Cc3nc(C)c(O)c(C=O)n3)CC2)cc1. The Morgan fingerprint density at radius 3 is 2.48 bits per heavy atom. The number of hydrogen-bond acceptors (Lipinski definition) is 5. The van der Waals surface area contributed by atoms with Gasteiger partial charge >= 0.3 is 0 Å². The van der Waals surface area contributed by atoms with E-state index < -0.39 is 0 Å². The average Bonchev–Trinajstić information content (AvgIpc) is 2.75. The Hall–Kier alpha value is -2.43. The summed E-state index contributed by atoms with van der Waals surface area (Å²) in [7, 11) is 0. The summed E-state index contributed by atoms with van der Waals surface area (Å²) >= 11 is 0. The average molecular weight is 396 g/mol. The minimum Gasteiger partial charge on any atom is -0.504 e. The maximum Gasteiger partial charge on any atom is 0.172 e. The van der Waals surface area contributed by atoms with Crippen LogP contribution in [-0.2, 0) is 12.8 Å². The van der Waals surface area contributed by atoms with Crippen molar-refractivity contribution in [3.63, 3.8) is 0 Å². The number of unbranched alkanes of at least 4 members (excludes halogenated alkanes) is 3. The molecule has 0 bridgehead atoms. The molecule has 0 aliphatic carbocycles. The van der Waals surface area contributed by atoms with Gasteiger partial charge in [0.25, 0.3) is 0 Å². The molecule has 1 aliphatic heterocycles. The van der Waals surface area contributed by atoms with Gasteiger partial charge in [0, 0.05) is 25.2 Å². The summed E-state index contributed by atoms with van der Waals surface area (Å²) in [6.07, 6.45) is 9.92. The number of hydrogen-bond donors (Lipinski definition) is 1. The van der Waals surface area contributed by atoms with Crippen LogP contribution in [0.15, 0.2) is 24.3 Å². The quantitative estimate of drug-likeness (QED) is 0.484. The van der Waals surface area contributed by atoms with Crippen molar-refractivity contribution in [3.8, 4) is 5.75 Å². The second-order valence-electron chi connectivity index (χ2n) is 8.19. The molecule has 0 unspecified atom stereocenters. The molecular weight excluding hydrogens is 362 g/mol. The van der Waals surface area contributed by atoms with Crippen LogP contribution in [-0.4, -0.2) is 34.5 Å². The summed E-state index contributed by atoms with van der Waals surface area (Å²) in [5.41, 5.74) is 3.32. The third kappa shape index (κ3) is 5.78. The highest BCUT2D eigenvalue weighted by Crippen LogP contribution is 2.26. The molecule has 0 spiro atoms. The van der Waals surface area contributed by atoms with E-state index in [1.54, 1.807) is 6.92 Å². The minimum absolute atomic E-state index is 0.0970. The van der Waals surface area contributed by atoms with E-state index in [0.29, 0.717) is 23.7 Å². The highest BCUT2D eigenvalue weighted by atomic mass is 16.3. The Morgan fingerprint density at radius 1 is 1.10 bits per heavy atom. The van der Waals surface area contributed by atoms with Crippen molar-refractivity contribution >= 4 is 12.0 Å². The van der Waals surface area contributed by atoms with Gasteiger partial charge in [0.15, 0.2) is 12.0 Å². The lowest BCUT2D eigenvalue weighted by Gasteiger charge is -2.33. The van der Waals surface area contributed by atoms with Crippen molar-refractivity contribution < 1.29 is 9.90 Å². The second kappa shape index (κ2) is 10.4. The van der Waals surface area contributed by atoms with Crippen LogP contribution < -0.4 is 4.90 Å². The molecule has 1 saturated heterocycles. The van der Waals surface area contributed by atoms with E-state index in [0.717, 1.165) is 32.4 Å². The highest BCUT2D eigenvalue weighted by molar-refractivity contribution is 5.76. The number of piperidine rings is 1. The van der Waals surface area contributed by atoms with Crippen molar-refractivity contribution in [2.24, 2.45) is 5.92 Å². The number of aromatic hydroxyl groups is 1. The lowest BCUT2D eigenvalue weighted by molar-refractivity contribution is 0.111. The van der Waals surface area contributed by atoms with E-state index in [1.165, 1.54) is 43.4 Å². The predicted molar refractivity (Wildman–Crippen MR) is 117 cm³/mol. The lowest BCUT2D eigenvalue weighted by Crippen LogP contribution is -2.34. The number of benzene rings is 1. The fraction of sp³-hybridized carbons (Fsp3) is 0.542. The van der Waals surface area contributed by atoms with Gasteiger partial charge in [0.1, 0.15) is 11.5 Å². The van der Waals surface area contributed by atoms with E-state index in [9.17, 15) is 9.90 Å². The van der Waals surface area contributed by atoms with Crippen molar-refractivity contribution in [2.45, 2.75) is 65.2 Å². The molecule has 29 heavy (non-hydrogen) atoms. The molecule has 0 amide bonds. The Bertz CT molecular complexity index is 797. The molecule has 1 aromatic heterocycles. The lowest BCUT2D eigenvalue weighted by atomic mass is 9.92. The van der Waals surface area contributed by atoms with E-state index in [-0.39, 0.29) is 11.4 Å². The van der Waals surface area contributed by atoms with E-state index in [2.05, 4.69) is 46.1 Å². The monoisotopic (exact) mass is 395 g/mol. The van der Waals surface area contributed by atoms with Gasteiger partial charge < -0.3 is 10.0 Å². The number of carbonyl (C=O) groups is 1. The van der Waals surface area contributed by atoms with Gasteiger partial charge in [-0.15, -0.1) is 0 Å². The van der Waals surface area contributed by atoms with Gasteiger partial charge in [-0.05, 0) is 56.2 Å². The summed E-state index contributed by atoms with van der Waals surface area (Å²) in [5, 5.41) is 9.82. The van der Waals surface area contributed by atoms with E-state index in [1.807, 2.05) is 0 Å². The summed E-state index contributed by atoms with van der Waals surface area (Å²) in [5.74, 6) is 1.06. The van der Waals surface area contributed by atoms with Crippen LogP contribution >= 0.6 is 0 Å². The smallest absolute Gasteiger partial charge is 0.172 e. The Balaban J connectivity index is 1.50. The summed E-state index contributed by atoms with van der Waals surface area (Å²) in [6.45, 7) is 6.01. The van der Waals surface area contributed by atoms with Gasteiger partial charge in [0.2, 0.25) is 0 Å². The molecule has 5 nitrogen and oxygen atoms in total. The van der Waals surface area contributed by atoms with E-state index >= 15 is 0 Å². The highest BCUT2D eigenvalue weighted by Gasteiger charge is 2.21. The normalized spacial score (nSPS) is 14.9. The molecule has 156 valence electrons. The topological polar surface area (TPSA) is 66.3 Å². The van der Waals surface area contributed by atoms with Gasteiger partial charge in [-0.25, -0.2) is 9.97 Å². The molecule has 0 atom stereocenters. The first kappa shape index (κ1) is 21.3. The summed E-state index contributed by atoms with van der Waals surface area (Å²) in [6, 6.07) is 9.08. The van der Waals surface area contributed by atoms with Crippen LogP contribution in [0.4, 0.5) is 5.69 Å². The number of aryl methyl sites for hydroxylation is 2. The van der Waals surface area contributed by atoms with Crippen molar-refractivity contribution in [2.75, 3.05) is 18.0 Å². The molecule has 1 aromatic carbocycles. The van der Waals surface area contributed by atoms with Gasteiger partial charge in [-0.1, -0.05) is 38.3 Å². The fourth-order valence-corrected chi connectivity index (χ4v) is 4.11. The van der Waals surface area contributed by atoms with Crippen molar-refractivity contribution in [1.82, 2.24) is 9.97 Å². The standard InChI is InChI=1S/C24H33N3O2/c1-3-4-5-6-7-19-8-10-21(11-9-19)27-14-12-20(13-15-27)16-23-25-18(2)24(29)22(17-28)26-23/h8-11,17,20,29H,3-7,12-16H2,1-2H3. The molecule has 2 aromatic rings. The van der Waals surface area contributed by atoms with E-state index in [4.69, 9.17) is 0 Å². The molecular formula is C24H33N3O2. The van der Waals surface area contributed by atoms with Crippen LogP contribution in [0.25, 0.3) is 0 Å². The van der Waals surface area contributed by atoms with Gasteiger partial charge in [0.05, 0.1) is 5.69 Å². The first-order valence-corrected chi connectivity index (χ1v) is 11.0. The van der Waals surface area contributed by atoms with Crippen LogP contribution in [0, 0.1) is 12.8 Å². The fourth-order valence-electron chi connectivity index (χ4n) is 4.11. The summed E-state index contributed by atoms with van der Waals surface area (Å²) < 4.78 is 0. The van der Waals surface area contributed by atoms with Gasteiger partial charge in [-0.2, -0.15) is 0 Å². The second-order valence-corrected chi connectivity index (χ2v) is 8.19. The first-order valence-electron chi connectivity index (χ1n) is 11.0. The van der Waals surface area contributed by atoms with Crippen LogP contribution in [0.5, 0.6) is 5.75 Å². The van der Waals surface area contributed by atoms with Gasteiger partial charge in [-0.3, -0.25) is 4.79 Å². The molecule has 5 heteroatoms. The Morgan fingerprint density at radius 2 is 1.83 bits per heavy atom. The maximum atomic E-state index is 11.1. The molecule has 1 N–H and O–H groups in total. The Labute approximate surface area is 174 Å². The number of aldehydes is 1. The molecule has 0 radical (unpaired) electrons. The third-order valence-electron chi connectivity index (χ3n) is 5.95.